The second-order valence-corrected chi connectivity index (χ2v) is 6.27. The van der Waals surface area contributed by atoms with Crippen LogP contribution in [0.4, 0.5) is 11.4 Å². The van der Waals surface area contributed by atoms with Crippen molar-refractivity contribution in [2.24, 2.45) is 0 Å². The first kappa shape index (κ1) is 20.1. The summed E-state index contributed by atoms with van der Waals surface area (Å²) in [5, 5.41) is 5.92. The lowest BCUT2D eigenvalue weighted by Crippen LogP contribution is -2.22. The van der Waals surface area contributed by atoms with Crippen molar-refractivity contribution < 1.29 is 19.0 Å². The Kier molecular flexibility index (Phi) is 6.95. The van der Waals surface area contributed by atoms with Crippen LogP contribution in [0.15, 0.2) is 72.8 Å². The second-order valence-electron chi connectivity index (χ2n) is 6.27. The maximum Gasteiger partial charge on any atom is 0.243 e. The lowest BCUT2D eigenvalue weighted by atomic mass is 10.2. The normalized spacial score (nSPS) is 10.1. The largest absolute Gasteiger partial charge is 0.497 e. The Bertz CT molecular complexity index is 927. The van der Waals surface area contributed by atoms with Crippen molar-refractivity contribution in [3.05, 3.63) is 78.4 Å². The average molecular weight is 392 g/mol. The molecule has 0 aliphatic heterocycles. The maximum atomic E-state index is 12.2. The number of methoxy groups -OCH3 is 2. The smallest absolute Gasteiger partial charge is 0.243 e. The van der Waals surface area contributed by atoms with Gasteiger partial charge in [-0.1, -0.05) is 30.3 Å². The Labute approximate surface area is 170 Å². The van der Waals surface area contributed by atoms with Crippen LogP contribution in [0.3, 0.4) is 0 Å². The standard InChI is InChI=1S/C23H24N2O4/c1-27-20-12-13-21(22(14-20)28-2)25-23(26)15-24-18-8-10-19(11-9-18)29-16-17-6-4-3-5-7-17/h3-14,24H,15-16H2,1-2H3,(H,25,26). The van der Waals surface area contributed by atoms with Crippen molar-refractivity contribution in [2.75, 3.05) is 31.4 Å². The topological polar surface area (TPSA) is 68.8 Å². The highest BCUT2D eigenvalue weighted by Crippen LogP contribution is 2.29. The van der Waals surface area contributed by atoms with E-state index in [0.717, 1.165) is 17.0 Å². The third-order valence-electron chi connectivity index (χ3n) is 4.24. The number of benzene rings is 3. The summed E-state index contributed by atoms with van der Waals surface area (Å²) in [5.41, 5.74) is 2.53. The number of anilines is 2. The molecule has 0 radical (unpaired) electrons. The zero-order chi connectivity index (χ0) is 20.5. The fourth-order valence-electron chi connectivity index (χ4n) is 2.69. The van der Waals surface area contributed by atoms with Crippen molar-refractivity contribution in [1.82, 2.24) is 0 Å². The van der Waals surface area contributed by atoms with E-state index in [9.17, 15) is 4.79 Å². The van der Waals surface area contributed by atoms with Crippen LogP contribution in [-0.4, -0.2) is 26.7 Å². The fraction of sp³-hybridized carbons (Fsp3) is 0.174. The Morgan fingerprint density at radius 2 is 1.59 bits per heavy atom. The summed E-state index contributed by atoms with van der Waals surface area (Å²) in [5.74, 6) is 1.79. The van der Waals surface area contributed by atoms with Crippen LogP contribution in [0.5, 0.6) is 17.2 Å². The molecule has 0 aliphatic rings. The van der Waals surface area contributed by atoms with Gasteiger partial charge in [0.25, 0.3) is 0 Å². The highest BCUT2D eigenvalue weighted by Gasteiger charge is 2.09. The van der Waals surface area contributed by atoms with Gasteiger partial charge in [0, 0.05) is 11.8 Å². The Morgan fingerprint density at radius 3 is 2.28 bits per heavy atom. The lowest BCUT2D eigenvalue weighted by molar-refractivity contribution is -0.114. The monoisotopic (exact) mass is 392 g/mol. The molecule has 3 rings (SSSR count). The molecule has 0 heterocycles. The predicted molar refractivity (Wildman–Crippen MR) is 114 cm³/mol. The van der Waals surface area contributed by atoms with E-state index < -0.39 is 0 Å². The van der Waals surface area contributed by atoms with Crippen LogP contribution in [0.1, 0.15) is 5.56 Å². The zero-order valence-corrected chi connectivity index (χ0v) is 16.5. The summed E-state index contributed by atoms with van der Waals surface area (Å²) in [6, 6.07) is 22.7. The summed E-state index contributed by atoms with van der Waals surface area (Å²) < 4.78 is 16.2. The minimum Gasteiger partial charge on any atom is -0.497 e. The number of hydrogen-bond donors (Lipinski definition) is 2. The second kappa shape index (κ2) is 10.0. The summed E-state index contributed by atoms with van der Waals surface area (Å²) in [6.07, 6.45) is 0. The molecule has 0 aromatic heterocycles. The Balaban J connectivity index is 1.49. The van der Waals surface area contributed by atoms with Crippen LogP contribution in [0.2, 0.25) is 0 Å². The molecule has 6 nitrogen and oxygen atoms in total. The quantitative estimate of drug-likeness (QED) is 0.567. The van der Waals surface area contributed by atoms with Crippen LogP contribution in [-0.2, 0) is 11.4 Å². The summed E-state index contributed by atoms with van der Waals surface area (Å²) in [4.78, 5) is 12.2. The van der Waals surface area contributed by atoms with E-state index in [1.54, 1.807) is 32.4 Å². The van der Waals surface area contributed by atoms with Gasteiger partial charge in [-0.25, -0.2) is 0 Å². The van der Waals surface area contributed by atoms with Gasteiger partial charge in [0.05, 0.1) is 26.5 Å². The van der Waals surface area contributed by atoms with E-state index in [1.807, 2.05) is 54.6 Å². The molecule has 150 valence electrons. The zero-order valence-electron chi connectivity index (χ0n) is 16.5. The predicted octanol–water partition coefficient (Wildman–Crippen LogP) is 4.33. The van der Waals surface area contributed by atoms with E-state index in [2.05, 4.69) is 10.6 Å². The van der Waals surface area contributed by atoms with Gasteiger partial charge in [-0.3, -0.25) is 4.79 Å². The van der Waals surface area contributed by atoms with Crippen LogP contribution in [0, 0.1) is 0 Å². The molecule has 3 aromatic carbocycles. The molecule has 0 atom stereocenters. The molecule has 0 saturated heterocycles. The molecule has 0 spiro atoms. The molecule has 0 fully saturated rings. The Hall–Kier alpha value is -3.67. The van der Waals surface area contributed by atoms with E-state index in [4.69, 9.17) is 14.2 Å². The molecular formula is C23H24N2O4. The molecule has 3 aromatic rings. The minimum atomic E-state index is -0.183. The van der Waals surface area contributed by atoms with Crippen molar-refractivity contribution in [1.29, 1.82) is 0 Å². The van der Waals surface area contributed by atoms with Gasteiger partial charge in [-0.2, -0.15) is 0 Å². The summed E-state index contributed by atoms with van der Waals surface area (Å²) >= 11 is 0. The molecule has 0 aliphatic carbocycles. The first-order valence-electron chi connectivity index (χ1n) is 9.20. The van der Waals surface area contributed by atoms with Gasteiger partial charge in [0.1, 0.15) is 23.9 Å². The number of ether oxygens (including phenoxy) is 3. The van der Waals surface area contributed by atoms with E-state index in [0.29, 0.717) is 23.8 Å². The summed E-state index contributed by atoms with van der Waals surface area (Å²) in [7, 11) is 3.12. The van der Waals surface area contributed by atoms with Crippen LogP contribution >= 0.6 is 0 Å². The number of carbonyl (C=O) groups excluding carboxylic acids is 1. The van der Waals surface area contributed by atoms with Crippen molar-refractivity contribution in [3.63, 3.8) is 0 Å². The molecule has 1 amide bonds. The van der Waals surface area contributed by atoms with Crippen molar-refractivity contribution >= 4 is 17.3 Å². The van der Waals surface area contributed by atoms with Gasteiger partial charge in [-0.05, 0) is 42.0 Å². The van der Waals surface area contributed by atoms with Crippen molar-refractivity contribution in [2.45, 2.75) is 6.61 Å². The maximum absolute atomic E-state index is 12.2. The van der Waals surface area contributed by atoms with E-state index in [-0.39, 0.29) is 12.5 Å². The molecule has 0 unspecified atom stereocenters. The molecule has 6 heteroatoms. The fourth-order valence-corrected chi connectivity index (χ4v) is 2.69. The van der Waals surface area contributed by atoms with Gasteiger partial charge in [-0.15, -0.1) is 0 Å². The van der Waals surface area contributed by atoms with Gasteiger partial charge >= 0.3 is 0 Å². The van der Waals surface area contributed by atoms with Gasteiger partial charge in [0.15, 0.2) is 0 Å². The molecule has 0 bridgehead atoms. The Morgan fingerprint density at radius 1 is 0.862 bits per heavy atom. The number of nitrogens with one attached hydrogen (secondary N) is 2. The van der Waals surface area contributed by atoms with E-state index >= 15 is 0 Å². The number of rotatable bonds is 9. The number of hydrogen-bond acceptors (Lipinski definition) is 5. The van der Waals surface area contributed by atoms with E-state index in [1.165, 1.54) is 0 Å². The highest BCUT2D eigenvalue weighted by atomic mass is 16.5. The first-order chi connectivity index (χ1) is 14.2. The molecule has 0 saturated carbocycles. The average Bonchev–Trinajstić information content (AvgIpc) is 2.78. The SMILES string of the molecule is COc1ccc(NC(=O)CNc2ccc(OCc3ccccc3)cc2)c(OC)c1. The number of carbonyl (C=O) groups is 1. The van der Waals surface area contributed by atoms with Gasteiger partial charge in [0.2, 0.25) is 5.91 Å². The highest BCUT2D eigenvalue weighted by molar-refractivity contribution is 5.95. The van der Waals surface area contributed by atoms with Crippen molar-refractivity contribution in [3.8, 4) is 17.2 Å². The molecule has 29 heavy (non-hydrogen) atoms. The van der Waals surface area contributed by atoms with Crippen LogP contribution < -0.4 is 24.8 Å². The third kappa shape index (κ3) is 5.90. The molecular weight excluding hydrogens is 368 g/mol. The summed E-state index contributed by atoms with van der Waals surface area (Å²) in [6.45, 7) is 0.638. The lowest BCUT2D eigenvalue weighted by Gasteiger charge is -2.12. The van der Waals surface area contributed by atoms with Gasteiger partial charge < -0.3 is 24.8 Å². The first-order valence-corrected chi connectivity index (χ1v) is 9.20. The molecule has 2 N–H and O–H groups in total. The number of amides is 1. The van der Waals surface area contributed by atoms with Crippen LogP contribution in [0.25, 0.3) is 0 Å². The minimum absolute atomic E-state index is 0.124. The third-order valence-corrected chi connectivity index (χ3v) is 4.24.